The van der Waals surface area contributed by atoms with Crippen molar-refractivity contribution in [2.75, 3.05) is 40.5 Å². The topological polar surface area (TPSA) is 123 Å². The van der Waals surface area contributed by atoms with Crippen LogP contribution in [0.1, 0.15) is 5.56 Å². The summed E-state index contributed by atoms with van der Waals surface area (Å²) < 4.78 is 42.9. The van der Waals surface area contributed by atoms with Gasteiger partial charge in [-0.15, -0.1) is 0 Å². The van der Waals surface area contributed by atoms with Gasteiger partial charge in [-0.05, 0) is 42.3 Å². The Kier molecular flexibility index (Phi) is 8.26. The van der Waals surface area contributed by atoms with Crippen LogP contribution >= 0.6 is 0 Å². The summed E-state index contributed by atoms with van der Waals surface area (Å²) in [5, 5.41) is 4.99. The fourth-order valence-corrected chi connectivity index (χ4v) is 4.90. The fourth-order valence-electron chi connectivity index (χ4n) is 3.39. The molecule has 0 spiro atoms. The largest absolute Gasteiger partial charge is 0.497 e. The number of hydrogen-bond acceptors (Lipinski definition) is 7. The lowest BCUT2D eigenvalue weighted by atomic mass is 10.1. The molecule has 1 aliphatic heterocycles. The second-order valence-electron chi connectivity index (χ2n) is 7.14. The first kappa shape index (κ1) is 24.5. The molecule has 3 rings (SSSR count). The minimum atomic E-state index is -3.84. The third-order valence-electron chi connectivity index (χ3n) is 5.13. The average Bonchev–Trinajstić information content (AvgIpc) is 3.32. The van der Waals surface area contributed by atoms with Crippen molar-refractivity contribution in [1.82, 2.24) is 14.9 Å². The Morgan fingerprint density at radius 2 is 1.73 bits per heavy atom. The molecule has 0 aliphatic carbocycles. The Labute approximate surface area is 192 Å². The van der Waals surface area contributed by atoms with Crippen molar-refractivity contribution in [3.8, 4) is 11.5 Å². The van der Waals surface area contributed by atoms with Gasteiger partial charge in [-0.1, -0.05) is 18.2 Å². The number of carbonyl (C=O) groups is 2. The van der Waals surface area contributed by atoms with Gasteiger partial charge in [0.1, 0.15) is 17.7 Å². The molecule has 0 radical (unpaired) electrons. The van der Waals surface area contributed by atoms with E-state index in [4.69, 9.17) is 14.2 Å². The fraction of sp³-hybridized carbons (Fsp3) is 0.364. The molecular weight excluding hydrogens is 450 g/mol. The van der Waals surface area contributed by atoms with Crippen molar-refractivity contribution < 1.29 is 32.2 Å². The van der Waals surface area contributed by atoms with Crippen LogP contribution in [-0.2, 0) is 30.8 Å². The number of nitrogens with one attached hydrogen (secondary N) is 2. The van der Waals surface area contributed by atoms with Crippen LogP contribution in [0.4, 0.5) is 0 Å². The molecule has 10 nitrogen and oxygen atoms in total. The molecule has 0 saturated carbocycles. The van der Waals surface area contributed by atoms with Gasteiger partial charge in [0, 0.05) is 13.1 Å². The summed E-state index contributed by atoms with van der Waals surface area (Å²) in [6.07, 6.45) is -0.426. The highest BCUT2D eigenvalue weighted by Gasteiger charge is 2.36. The molecule has 2 amide bonds. The lowest BCUT2D eigenvalue weighted by Gasteiger charge is -2.23. The van der Waals surface area contributed by atoms with Crippen LogP contribution in [0.5, 0.6) is 11.5 Å². The standard InChI is InChI=1S/C22H27N3O7S/c1-30-17-7-9-18(10-8-17)33(28,29)25-13-14-32-20(25)15-24-22(27)21(26)23-12-11-16-5-3-4-6-19(16)31-2/h3-10,20H,11-15H2,1-2H3,(H,23,26)(H,24,27). The van der Waals surface area contributed by atoms with Crippen LogP contribution in [0, 0.1) is 0 Å². The molecule has 2 aromatic carbocycles. The summed E-state index contributed by atoms with van der Waals surface area (Å²) in [7, 11) is -0.789. The average molecular weight is 478 g/mol. The number of nitrogens with zero attached hydrogens (tertiary/aromatic N) is 1. The molecule has 0 aromatic heterocycles. The monoisotopic (exact) mass is 477 g/mol. The van der Waals surface area contributed by atoms with Crippen LogP contribution in [0.25, 0.3) is 0 Å². The number of carbonyl (C=O) groups excluding carboxylic acids is 2. The van der Waals surface area contributed by atoms with Gasteiger partial charge in [0.25, 0.3) is 0 Å². The molecule has 33 heavy (non-hydrogen) atoms. The Morgan fingerprint density at radius 1 is 1.03 bits per heavy atom. The summed E-state index contributed by atoms with van der Waals surface area (Å²) in [5.74, 6) is -0.445. The number of methoxy groups -OCH3 is 2. The van der Waals surface area contributed by atoms with E-state index in [9.17, 15) is 18.0 Å². The van der Waals surface area contributed by atoms with Crippen LogP contribution in [0.15, 0.2) is 53.4 Å². The van der Waals surface area contributed by atoms with E-state index in [-0.39, 0.29) is 31.1 Å². The van der Waals surface area contributed by atoms with E-state index < -0.39 is 28.1 Å². The van der Waals surface area contributed by atoms with Gasteiger partial charge in [0.05, 0.1) is 32.3 Å². The third-order valence-corrected chi connectivity index (χ3v) is 7.03. The molecule has 1 atom stereocenters. The number of ether oxygens (including phenoxy) is 3. The van der Waals surface area contributed by atoms with Crippen molar-refractivity contribution in [2.24, 2.45) is 0 Å². The molecule has 1 fully saturated rings. The van der Waals surface area contributed by atoms with Crippen molar-refractivity contribution in [3.05, 3.63) is 54.1 Å². The van der Waals surface area contributed by atoms with E-state index in [1.807, 2.05) is 24.3 Å². The number of hydrogen-bond donors (Lipinski definition) is 2. The second kappa shape index (κ2) is 11.1. The number of sulfonamides is 1. The highest BCUT2D eigenvalue weighted by molar-refractivity contribution is 7.89. The SMILES string of the molecule is COc1ccc(S(=O)(=O)N2CCOC2CNC(=O)C(=O)NCCc2ccccc2OC)cc1. The maximum atomic E-state index is 13.0. The maximum Gasteiger partial charge on any atom is 0.309 e. The molecule has 2 aromatic rings. The number of para-hydroxylation sites is 1. The van der Waals surface area contributed by atoms with E-state index in [1.165, 1.54) is 19.2 Å². The van der Waals surface area contributed by atoms with Gasteiger partial charge in [-0.3, -0.25) is 9.59 Å². The molecule has 2 N–H and O–H groups in total. The zero-order chi connectivity index (χ0) is 23.8. The molecule has 11 heteroatoms. The highest BCUT2D eigenvalue weighted by atomic mass is 32.2. The Hall–Kier alpha value is -3.15. The molecule has 1 saturated heterocycles. The number of rotatable bonds is 9. The number of amides is 2. The smallest absolute Gasteiger partial charge is 0.309 e. The first-order chi connectivity index (χ1) is 15.9. The van der Waals surface area contributed by atoms with E-state index in [1.54, 1.807) is 19.2 Å². The Balaban J connectivity index is 1.51. The van der Waals surface area contributed by atoms with E-state index in [0.717, 1.165) is 9.87 Å². The van der Waals surface area contributed by atoms with Gasteiger partial charge in [-0.25, -0.2) is 8.42 Å². The van der Waals surface area contributed by atoms with Gasteiger partial charge in [0.15, 0.2) is 0 Å². The molecule has 1 heterocycles. The molecule has 1 aliphatic rings. The molecular formula is C22H27N3O7S. The zero-order valence-electron chi connectivity index (χ0n) is 18.4. The van der Waals surface area contributed by atoms with E-state index >= 15 is 0 Å². The van der Waals surface area contributed by atoms with Crippen LogP contribution in [0.3, 0.4) is 0 Å². The summed E-state index contributed by atoms with van der Waals surface area (Å²) in [5.41, 5.74) is 0.902. The predicted molar refractivity (Wildman–Crippen MR) is 119 cm³/mol. The third kappa shape index (κ3) is 6.01. The lowest BCUT2D eigenvalue weighted by Crippen LogP contribution is -2.47. The predicted octanol–water partition coefficient (Wildman–Crippen LogP) is 0.526. The maximum absolute atomic E-state index is 13.0. The van der Waals surface area contributed by atoms with Gasteiger partial charge in [-0.2, -0.15) is 4.31 Å². The summed E-state index contributed by atoms with van der Waals surface area (Å²) >= 11 is 0. The minimum Gasteiger partial charge on any atom is -0.497 e. The van der Waals surface area contributed by atoms with Crippen molar-refractivity contribution >= 4 is 21.8 Å². The molecule has 0 bridgehead atoms. The van der Waals surface area contributed by atoms with Crippen LogP contribution in [0.2, 0.25) is 0 Å². The quantitative estimate of drug-likeness (QED) is 0.505. The van der Waals surface area contributed by atoms with Gasteiger partial charge >= 0.3 is 11.8 Å². The summed E-state index contributed by atoms with van der Waals surface area (Å²) in [6.45, 7) is 0.402. The first-order valence-corrected chi connectivity index (χ1v) is 11.8. The lowest BCUT2D eigenvalue weighted by molar-refractivity contribution is -0.139. The molecule has 178 valence electrons. The Morgan fingerprint density at radius 3 is 2.42 bits per heavy atom. The van der Waals surface area contributed by atoms with Crippen molar-refractivity contribution in [2.45, 2.75) is 17.5 Å². The van der Waals surface area contributed by atoms with Gasteiger partial charge < -0.3 is 24.8 Å². The van der Waals surface area contributed by atoms with Crippen LogP contribution in [-0.4, -0.2) is 71.2 Å². The second-order valence-corrected chi connectivity index (χ2v) is 9.04. The van der Waals surface area contributed by atoms with E-state index in [0.29, 0.717) is 17.9 Å². The zero-order valence-corrected chi connectivity index (χ0v) is 19.3. The number of benzene rings is 2. The van der Waals surface area contributed by atoms with Crippen LogP contribution < -0.4 is 20.1 Å². The van der Waals surface area contributed by atoms with Crippen molar-refractivity contribution in [3.63, 3.8) is 0 Å². The highest BCUT2D eigenvalue weighted by Crippen LogP contribution is 2.24. The Bertz CT molecular complexity index is 1070. The normalized spacial score (nSPS) is 16.2. The summed E-state index contributed by atoms with van der Waals surface area (Å²) in [4.78, 5) is 24.4. The first-order valence-electron chi connectivity index (χ1n) is 10.3. The molecule has 1 unspecified atom stereocenters. The minimum absolute atomic E-state index is 0.0826. The van der Waals surface area contributed by atoms with Gasteiger partial charge in [0.2, 0.25) is 10.0 Å². The van der Waals surface area contributed by atoms with E-state index in [2.05, 4.69) is 10.6 Å². The summed E-state index contributed by atoms with van der Waals surface area (Å²) in [6, 6.07) is 13.4. The van der Waals surface area contributed by atoms with Crippen molar-refractivity contribution in [1.29, 1.82) is 0 Å².